The van der Waals surface area contributed by atoms with E-state index in [1.54, 1.807) is 7.11 Å². The summed E-state index contributed by atoms with van der Waals surface area (Å²) in [6.07, 6.45) is 2.90. The lowest BCUT2D eigenvalue weighted by Crippen LogP contribution is -2.01. The van der Waals surface area contributed by atoms with Crippen molar-refractivity contribution in [2.24, 2.45) is 0 Å². The van der Waals surface area contributed by atoms with E-state index in [0.29, 0.717) is 11.8 Å². The lowest BCUT2D eigenvalue weighted by molar-refractivity contribution is 0.388. The topological polar surface area (TPSA) is 35.0 Å². The second-order valence-corrected chi connectivity index (χ2v) is 3.20. The van der Waals surface area contributed by atoms with E-state index in [1.807, 2.05) is 13.1 Å². The zero-order valence-corrected chi connectivity index (χ0v) is 8.66. The van der Waals surface area contributed by atoms with Gasteiger partial charge >= 0.3 is 0 Å². The first kappa shape index (κ1) is 9.96. The Kier molecular flexibility index (Phi) is 3.23. The Morgan fingerprint density at radius 1 is 1.54 bits per heavy atom. The van der Waals surface area contributed by atoms with Gasteiger partial charge in [-0.2, -0.15) is 0 Å². The molecule has 3 heteroatoms. The van der Waals surface area contributed by atoms with Crippen molar-refractivity contribution in [2.45, 2.75) is 33.1 Å². The summed E-state index contributed by atoms with van der Waals surface area (Å²) in [6, 6.07) is 0. The van der Waals surface area contributed by atoms with E-state index in [0.717, 1.165) is 17.8 Å². The van der Waals surface area contributed by atoms with Gasteiger partial charge < -0.3 is 4.74 Å². The number of nitrogens with zero attached hydrogens (tertiary/aromatic N) is 2. The Morgan fingerprint density at radius 3 is 2.77 bits per heavy atom. The van der Waals surface area contributed by atoms with Gasteiger partial charge in [0.05, 0.1) is 18.5 Å². The van der Waals surface area contributed by atoms with Crippen LogP contribution in [0.1, 0.15) is 37.6 Å². The van der Waals surface area contributed by atoms with Gasteiger partial charge in [0.1, 0.15) is 0 Å². The van der Waals surface area contributed by atoms with Gasteiger partial charge in [-0.05, 0) is 19.3 Å². The molecule has 0 aliphatic carbocycles. The monoisotopic (exact) mass is 180 g/mol. The summed E-state index contributed by atoms with van der Waals surface area (Å²) in [5, 5.41) is 0. The van der Waals surface area contributed by atoms with Crippen LogP contribution in [-0.4, -0.2) is 17.1 Å². The van der Waals surface area contributed by atoms with Crippen LogP contribution in [0.2, 0.25) is 0 Å². The van der Waals surface area contributed by atoms with E-state index < -0.39 is 0 Å². The Morgan fingerprint density at radius 2 is 2.23 bits per heavy atom. The number of rotatable bonds is 3. The molecule has 1 atom stereocenters. The normalized spacial score (nSPS) is 12.6. The molecule has 0 aliphatic rings. The standard InChI is InChI=1S/C10H16N2O/c1-5-7(2)9-6-11-8(3)10(12-9)13-4/h6-7H,5H2,1-4H3/t7-/m0/s1. The highest BCUT2D eigenvalue weighted by molar-refractivity contribution is 5.19. The molecule has 0 radical (unpaired) electrons. The Hall–Kier alpha value is -1.12. The van der Waals surface area contributed by atoms with Crippen LogP contribution in [0.15, 0.2) is 6.20 Å². The fourth-order valence-electron chi connectivity index (χ4n) is 1.09. The van der Waals surface area contributed by atoms with Crippen LogP contribution in [0, 0.1) is 6.92 Å². The Labute approximate surface area is 79.2 Å². The first-order chi connectivity index (χ1) is 6.19. The molecule has 1 aromatic rings. The minimum absolute atomic E-state index is 0.446. The molecule has 13 heavy (non-hydrogen) atoms. The molecule has 1 aromatic heterocycles. The maximum atomic E-state index is 5.11. The SMILES string of the molecule is CC[C@H](C)c1cnc(C)c(OC)n1. The number of ether oxygens (including phenoxy) is 1. The summed E-state index contributed by atoms with van der Waals surface area (Å²) < 4.78 is 5.11. The zero-order valence-electron chi connectivity index (χ0n) is 8.66. The second-order valence-electron chi connectivity index (χ2n) is 3.20. The van der Waals surface area contributed by atoms with Crippen LogP contribution in [0.4, 0.5) is 0 Å². The summed E-state index contributed by atoms with van der Waals surface area (Å²) in [5.41, 5.74) is 1.85. The Balaban J connectivity index is 2.99. The number of hydrogen-bond acceptors (Lipinski definition) is 3. The van der Waals surface area contributed by atoms with Gasteiger partial charge in [0.2, 0.25) is 5.88 Å². The van der Waals surface area contributed by atoms with E-state index >= 15 is 0 Å². The Bertz CT molecular complexity index is 286. The zero-order chi connectivity index (χ0) is 9.84. The van der Waals surface area contributed by atoms with Crippen molar-refractivity contribution < 1.29 is 4.74 Å². The van der Waals surface area contributed by atoms with E-state index in [-0.39, 0.29) is 0 Å². The molecule has 0 N–H and O–H groups in total. The number of hydrogen-bond donors (Lipinski definition) is 0. The highest BCUT2D eigenvalue weighted by Crippen LogP contribution is 2.19. The molecule has 0 unspecified atom stereocenters. The molecule has 1 rings (SSSR count). The van der Waals surface area contributed by atoms with Gasteiger partial charge in [-0.15, -0.1) is 0 Å². The summed E-state index contributed by atoms with van der Waals surface area (Å²) in [5.74, 6) is 1.08. The smallest absolute Gasteiger partial charge is 0.235 e. The molecule has 1 heterocycles. The second kappa shape index (κ2) is 4.21. The molecule has 3 nitrogen and oxygen atoms in total. The minimum atomic E-state index is 0.446. The molecule has 0 saturated heterocycles. The maximum Gasteiger partial charge on any atom is 0.235 e. The van der Waals surface area contributed by atoms with Crippen molar-refractivity contribution in [1.29, 1.82) is 0 Å². The van der Waals surface area contributed by atoms with Crippen LogP contribution in [0.25, 0.3) is 0 Å². The summed E-state index contributed by atoms with van der Waals surface area (Å²) in [6.45, 7) is 6.17. The predicted molar refractivity (Wildman–Crippen MR) is 52.0 cm³/mol. The number of aromatic nitrogens is 2. The fraction of sp³-hybridized carbons (Fsp3) is 0.600. The number of aryl methyl sites for hydroxylation is 1. The average molecular weight is 180 g/mol. The molecule has 0 saturated carbocycles. The summed E-state index contributed by atoms with van der Waals surface area (Å²) in [4.78, 5) is 8.61. The van der Waals surface area contributed by atoms with Gasteiger partial charge in [0.15, 0.2) is 0 Å². The highest BCUT2D eigenvalue weighted by Gasteiger charge is 2.08. The van der Waals surface area contributed by atoms with Crippen molar-refractivity contribution in [2.75, 3.05) is 7.11 Å². The van der Waals surface area contributed by atoms with Crippen molar-refractivity contribution in [3.8, 4) is 5.88 Å². The molecule has 0 aliphatic heterocycles. The summed E-state index contributed by atoms with van der Waals surface area (Å²) in [7, 11) is 1.62. The van der Waals surface area contributed by atoms with Gasteiger partial charge in [-0.3, -0.25) is 4.98 Å². The highest BCUT2D eigenvalue weighted by atomic mass is 16.5. The van der Waals surface area contributed by atoms with Crippen LogP contribution in [0.5, 0.6) is 5.88 Å². The minimum Gasteiger partial charge on any atom is -0.480 e. The van der Waals surface area contributed by atoms with Crippen molar-refractivity contribution in [3.05, 3.63) is 17.6 Å². The fourth-order valence-corrected chi connectivity index (χ4v) is 1.09. The van der Waals surface area contributed by atoms with E-state index in [9.17, 15) is 0 Å². The molecular formula is C10H16N2O. The third kappa shape index (κ3) is 2.17. The predicted octanol–water partition coefficient (Wildman–Crippen LogP) is 2.31. The molecule has 0 bridgehead atoms. The lowest BCUT2D eigenvalue weighted by Gasteiger charge is -2.09. The van der Waals surface area contributed by atoms with E-state index in [4.69, 9.17) is 4.74 Å². The van der Waals surface area contributed by atoms with Crippen molar-refractivity contribution >= 4 is 0 Å². The van der Waals surface area contributed by atoms with Crippen LogP contribution in [-0.2, 0) is 0 Å². The maximum absolute atomic E-state index is 5.11. The quantitative estimate of drug-likeness (QED) is 0.716. The number of methoxy groups -OCH3 is 1. The van der Waals surface area contributed by atoms with Crippen LogP contribution < -0.4 is 4.74 Å². The first-order valence-electron chi connectivity index (χ1n) is 4.56. The van der Waals surface area contributed by atoms with Crippen LogP contribution in [0.3, 0.4) is 0 Å². The molecule has 0 aromatic carbocycles. The molecule has 0 fully saturated rings. The van der Waals surface area contributed by atoms with E-state index in [2.05, 4.69) is 23.8 Å². The largest absolute Gasteiger partial charge is 0.480 e. The molecule has 72 valence electrons. The van der Waals surface area contributed by atoms with Crippen LogP contribution >= 0.6 is 0 Å². The first-order valence-corrected chi connectivity index (χ1v) is 4.56. The average Bonchev–Trinajstić information content (AvgIpc) is 2.17. The van der Waals surface area contributed by atoms with Gasteiger partial charge in [0.25, 0.3) is 0 Å². The molecular weight excluding hydrogens is 164 g/mol. The van der Waals surface area contributed by atoms with Gasteiger partial charge in [0, 0.05) is 6.20 Å². The lowest BCUT2D eigenvalue weighted by atomic mass is 10.1. The van der Waals surface area contributed by atoms with E-state index in [1.165, 1.54) is 0 Å². The molecule has 0 spiro atoms. The third-order valence-corrected chi connectivity index (χ3v) is 2.24. The molecule has 0 amide bonds. The van der Waals surface area contributed by atoms with Gasteiger partial charge in [-0.25, -0.2) is 4.98 Å². The third-order valence-electron chi connectivity index (χ3n) is 2.24. The summed E-state index contributed by atoms with van der Waals surface area (Å²) >= 11 is 0. The van der Waals surface area contributed by atoms with Crippen molar-refractivity contribution in [1.82, 2.24) is 9.97 Å². The van der Waals surface area contributed by atoms with Gasteiger partial charge in [-0.1, -0.05) is 13.8 Å². The van der Waals surface area contributed by atoms with Crippen molar-refractivity contribution in [3.63, 3.8) is 0 Å².